The highest BCUT2D eigenvalue weighted by Crippen LogP contribution is 2.24. The van der Waals surface area contributed by atoms with Crippen molar-refractivity contribution in [3.05, 3.63) is 12.1 Å². The average molecular weight is 279 g/mol. The van der Waals surface area contributed by atoms with Gasteiger partial charge in [0.1, 0.15) is 5.82 Å². The fraction of sp³-hybridized carbons (Fsp3) is 0.667. The molecule has 0 aromatic carbocycles. The summed E-state index contributed by atoms with van der Waals surface area (Å²) in [6, 6.07) is 3.82. The number of anilines is 2. The number of nitrogens with zero attached hydrogens (tertiary/aromatic N) is 2. The van der Waals surface area contributed by atoms with Crippen molar-refractivity contribution in [2.45, 2.75) is 26.2 Å². The van der Waals surface area contributed by atoms with Gasteiger partial charge < -0.3 is 20.1 Å². The number of pyridine rings is 1. The van der Waals surface area contributed by atoms with Crippen LogP contribution in [0, 0.1) is 5.92 Å². The fourth-order valence-electron chi connectivity index (χ4n) is 2.38. The first-order valence-corrected chi connectivity index (χ1v) is 7.39. The van der Waals surface area contributed by atoms with Crippen LogP contribution in [-0.2, 0) is 4.74 Å². The van der Waals surface area contributed by atoms with Crippen molar-refractivity contribution in [2.24, 2.45) is 5.92 Å². The molecule has 0 radical (unpaired) electrons. The monoisotopic (exact) mass is 279 g/mol. The van der Waals surface area contributed by atoms with Crippen LogP contribution in [0.3, 0.4) is 0 Å². The van der Waals surface area contributed by atoms with Crippen LogP contribution in [0.5, 0.6) is 5.88 Å². The van der Waals surface area contributed by atoms with Crippen molar-refractivity contribution in [3.63, 3.8) is 0 Å². The zero-order valence-electron chi connectivity index (χ0n) is 12.5. The van der Waals surface area contributed by atoms with Crippen LogP contribution in [0.15, 0.2) is 12.1 Å². The molecule has 20 heavy (non-hydrogen) atoms. The second-order valence-corrected chi connectivity index (χ2v) is 5.35. The Labute approximate surface area is 121 Å². The van der Waals surface area contributed by atoms with Gasteiger partial charge in [-0.2, -0.15) is 4.98 Å². The summed E-state index contributed by atoms with van der Waals surface area (Å²) in [5.41, 5.74) is 6.49. The minimum Gasteiger partial charge on any atom is -0.476 e. The molecule has 1 aromatic heterocycles. The third-order valence-electron chi connectivity index (χ3n) is 3.58. The Balaban J connectivity index is 1.99. The van der Waals surface area contributed by atoms with Crippen LogP contribution in [0.2, 0.25) is 0 Å². The van der Waals surface area contributed by atoms with E-state index in [1.54, 1.807) is 0 Å². The lowest BCUT2D eigenvalue weighted by Gasteiger charge is -2.28. The third-order valence-corrected chi connectivity index (χ3v) is 3.58. The van der Waals surface area contributed by atoms with Gasteiger partial charge in [0.2, 0.25) is 5.88 Å². The molecule has 0 amide bonds. The van der Waals surface area contributed by atoms with Gasteiger partial charge >= 0.3 is 0 Å². The molecule has 0 spiro atoms. The third kappa shape index (κ3) is 4.00. The molecule has 1 aliphatic rings. The van der Waals surface area contributed by atoms with Crippen LogP contribution < -0.4 is 15.4 Å². The number of aromatic nitrogens is 1. The number of nitrogen functional groups attached to an aromatic ring is 1. The zero-order valence-corrected chi connectivity index (χ0v) is 12.5. The van der Waals surface area contributed by atoms with E-state index >= 15 is 0 Å². The Morgan fingerprint density at radius 3 is 2.85 bits per heavy atom. The largest absolute Gasteiger partial charge is 0.476 e. The molecule has 112 valence electrons. The van der Waals surface area contributed by atoms with Crippen molar-refractivity contribution < 1.29 is 9.47 Å². The molecule has 0 atom stereocenters. The van der Waals surface area contributed by atoms with Crippen molar-refractivity contribution in [3.8, 4) is 5.88 Å². The standard InChI is InChI=1S/C15H25N3O2/c1-3-8-20-15-13(16)4-5-14(17-15)18(2)11-12-6-9-19-10-7-12/h4-5,12H,3,6-11,16H2,1-2H3. The van der Waals surface area contributed by atoms with E-state index in [2.05, 4.69) is 23.9 Å². The van der Waals surface area contributed by atoms with Crippen LogP contribution in [0.25, 0.3) is 0 Å². The van der Waals surface area contributed by atoms with Crippen LogP contribution in [-0.4, -0.2) is 38.4 Å². The lowest BCUT2D eigenvalue weighted by Crippen LogP contribution is -2.30. The molecule has 0 unspecified atom stereocenters. The fourth-order valence-corrected chi connectivity index (χ4v) is 2.38. The van der Waals surface area contributed by atoms with Gasteiger partial charge in [-0.05, 0) is 37.3 Å². The summed E-state index contributed by atoms with van der Waals surface area (Å²) in [5.74, 6) is 2.13. The van der Waals surface area contributed by atoms with E-state index < -0.39 is 0 Å². The lowest BCUT2D eigenvalue weighted by atomic mass is 10.00. The second-order valence-electron chi connectivity index (χ2n) is 5.35. The minimum absolute atomic E-state index is 0.545. The molecule has 2 rings (SSSR count). The van der Waals surface area contributed by atoms with E-state index in [-0.39, 0.29) is 0 Å². The highest BCUT2D eigenvalue weighted by Gasteiger charge is 2.17. The van der Waals surface area contributed by atoms with Gasteiger partial charge in [0.15, 0.2) is 0 Å². The molecule has 2 N–H and O–H groups in total. The maximum atomic E-state index is 5.89. The van der Waals surface area contributed by atoms with Crippen molar-refractivity contribution in [1.29, 1.82) is 0 Å². The number of hydrogen-bond acceptors (Lipinski definition) is 5. The zero-order chi connectivity index (χ0) is 14.4. The van der Waals surface area contributed by atoms with E-state index in [0.717, 1.165) is 44.8 Å². The van der Waals surface area contributed by atoms with Crippen molar-refractivity contribution in [1.82, 2.24) is 4.98 Å². The Morgan fingerprint density at radius 1 is 1.40 bits per heavy atom. The molecule has 1 saturated heterocycles. The maximum absolute atomic E-state index is 5.89. The van der Waals surface area contributed by atoms with Crippen LogP contribution >= 0.6 is 0 Å². The minimum atomic E-state index is 0.545. The molecule has 1 aromatic rings. The highest BCUT2D eigenvalue weighted by atomic mass is 16.5. The number of ether oxygens (including phenoxy) is 2. The molecule has 0 aliphatic carbocycles. The normalized spacial score (nSPS) is 16.1. The summed E-state index contributed by atoms with van der Waals surface area (Å²) in [6.45, 7) is 5.45. The average Bonchev–Trinajstić information content (AvgIpc) is 2.47. The van der Waals surface area contributed by atoms with Crippen LogP contribution in [0.4, 0.5) is 11.5 Å². The SMILES string of the molecule is CCCOc1nc(N(C)CC2CCOCC2)ccc1N. The molecule has 1 fully saturated rings. The predicted molar refractivity (Wildman–Crippen MR) is 81.2 cm³/mol. The summed E-state index contributed by atoms with van der Waals surface area (Å²) in [4.78, 5) is 6.70. The first kappa shape index (κ1) is 14.9. The molecular weight excluding hydrogens is 254 g/mol. The van der Waals surface area contributed by atoms with Gasteiger partial charge in [0.25, 0.3) is 0 Å². The van der Waals surface area contributed by atoms with Gasteiger partial charge in [-0.15, -0.1) is 0 Å². The Bertz CT molecular complexity index is 420. The Morgan fingerprint density at radius 2 is 2.15 bits per heavy atom. The van der Waals surface area contributed by atoms with Gasteiger partial charge in [0, 0.05) is 26.8 Å². The van der Waals surface area contributed by atoms with E-state index in [9.17, 15) is 0 Å². The van der Waals surface area contributed by atoms with E-state index in [4.69, 9.17) is 15.2 Å². The molecule has 1 aliphatic heterocycles. The van der Waals surface area contributed by atoms with E-state index in [1.807, 2.05) is 12.1 Å². The van der Waals surface area contributed by atoms with Crippen molar-refractivity contribution >= 4 is 11.5 Å². The molecule has 5 nitrogen and oxygen atoms in total. The molecule has 0 bridgehead atoms. The molecular formula is C15H25N3O2. The van der Waals surface area contributed by atoms with Crippen molar-refractivity contribution in [2.75, 3.05) is 44.0 Å². The second kappa shape index (κ2) is 7.33. The topological polar surface area (TPSA) is 60.6 Å². The quantitative estimate of drug-likeness (QED) is 0.866. The summed E-state index contributed by atoms with van der Waals surface area (Å²) < 4.78 is 11.0. The summed E-state index contributed by atoms with van der Waals surface area (Å²) in [7, 11) is 2.07. The number of rotatable bonds is 6. The van der Waals surface area contributed by atoms with Gasteiger partial charge in [-0.1, -0.05) is 6.92 Å². The summed E-state index contributed by atoms with van der Waals surface area (Å²) in [5, 5.41) is 0. The molecule has 0 saturated carbocycles. The molecule has 5 heteroatoms. The van der Waals surface area contributed by atoms with E-state index in [1.165, 1.54) is 0 Å². The van der Waals surface area contributed by atoms with Gasteiger partial charge in [0.05, 0.1) is 12.3 Å². The lowest BCUT2D eigenvalue weighted by molar-refractivity contribution is 0.0685. The number of hydrogen-bond donors (Lipinski definition) is 1. The summed E-state index contributed by atoms with van der Waals surface area (Å²) >= 11 is 0. The van der Waals surface area contributed by atoms with E-state index in [0.29, 0.717) is 24.1 Å². The Hall–Kier alpha value is -1.49. The smallest absolute Gasteiger partial charge is 0.239 e. The Kier molecular flexibility index (Phi) is 5.47. The first-order valence-electron chi connectivity index (χ1n) is 7.39. The number of nitrogens with two attached hydrogens (primary N) is 1. The first-order chi connectivity index (χ1) is 9.70. The van der Waals surface area contributed by atoms with Crippen LogP contribution in [0.1, 0.15) is 26.2 Å². The maximum Gasteiger partial charge on any atom is 0.239 e. The summed E-state index contributed by atoms with van der Waals surface area (Å²) in [6.07, 6.45) is 3.19. The van der Waals surface area contributed by atoms with Gasteiger partial charge in [-0.25, -0.2) is 0 Å². The van der Waals surface area contributed by atoms with Gasteiger partial charge in [-0.3, -0.25) is 0 Å². The predicted octanol–water partition coefficient (Wildman–Crippen LogP) is 2.32. The molecule has 2 heterocycles. The highest BCUT2D eigenvalue weighted by molar-refractivity contribution is 5.54.